The van der Waals surface area contributed by atoms with E-state index < -0.39 is 6.10 Å². The number of rotatable bonds is 2. The van der Waals surface area contributed by atoms with E-state index in [0.717, 1.165) is 6.42 Å². The number of aryl methyl sites for hydroxylation is 1. The SMILES string of the molecule is [CH2]C(O)c1ccc(CC)cn1. The molecule has 11 heavy (non-hydrogen) atoms. The van der Waals surface area contributed by atoms with E-state index >= 15 is 0 Å². The molecule has 1 unspecified atom stereocenters. The monoisotopic (exact) mass is 150 g/mol. The lowest BCUT2D eigenvalue weighted by molar-refractivity contribution is 0.221. The molecule has 0 aliphatic heterocycles. The summed E-state index contributed by atoms with van der Waals surface area (Å²) in [6.07, 6.45) is 2.03. The van der Waals surface area contributed by atoms with Gasteiger partial charge in [0.25, 0.3) is 0 Å². The van der Waals surface area contributed by atoms with Crippen molar-refractivity contribution >= 4 is 0 Å². The first-order valence-corrected chi connectivity index (χ1v) is 3.70. The summed E-state index contributed by atoms with van der Waals surface area (Å²) in [5.41, 5.74) is 1.80. The lowest BCUT2D eigenvalue weighted by Crippen LogP contribution is -1.95. The molecule has 0 bridgehead atoms. The van der Waals surface area contributed by atoms with Crippen LogP contribution >= 0.6 is 0 Å². The Morgan fingerprint density at radius 1 is 1.64 bits per heavy atom. The second-order valence-electron chi connectivity index (χ2n) is 2.46. The summed E-state index contributed by atoms with van der Waals surface area (Å²) < 4.78 is 0. The molecule has 1 rings (SSSR count). The highest BCUT2D eigenvalue weighted by Gasteiger charge is 2.00. The highest BCUT2D eigenvalue weighted by molar-refractivity contribution is 5.15. The largest absolute Gasteiger partial charge is 0.387 e. The molecule has 1 aromatic heterocycles. The van der Waals surface area contributed by atoms with Crippen LogP contribution in [0.2, 0.25) is 0 Å². The average Bonchev–Trinajstić information content (AvgIpc) is 2.05. The first-order chi connectivity index (χ1) is 5.24. The second kappa shape index (κ2) is 3.49. The number of hydrogen-bond acceptors (Lipinski definition) is 2. The minimum atomic E-state index is -0.707. The van der Waals surface area contributed by atoms with Crippen LogP contribution in [0.15, 0.2) is 18.3 Å². The maximum absolute atomic E-state index is 9.01. The molecule has 0 aliphatic rings. The van der Waals surface area contributed by atoms with Gasteiger partial charge in [-0.3, -0.25) is 4.98 Å². The summed E-state index contributed by atoms with van der Waals surface area (Å²) in [7, 11) is 0. The van der Waals surface area contributed by atoms with Crippen molar-refractivity contribution in [3.8, 4) is 0 Å². The van der Waals surface area contributed by atoms with E-state index in [1.807, 2.05) is 6.07 Å². The molecular formula is C9H12NO. The van der Waals surface area contributed by atoms with Gasteiger partial charge in [-0.1, -0.05) is 13.0 Å². The maximum atomic E-state index is 9.01. The molecule has 0 spiro atoms. The van der Waals surface area contributed by atoms with E-state index in [1.165, 1.54) is 5.56 Å². The Bertz CT molecular complexity index is 216. The van der Waals surface area contributed by atoms with Gasteiger partial charge in [0.1, 0.15) is 0 Å². The molecule has 0 aromatic carbocycles. The number of aliphatic hydroxyl groups excluding tert-OH is 1. The molecule has 1 atom stereocenters. The molecule has 1 aromatic rings. The fourth-order valence-electron chi connectivity index (χ4n) is 0.842. The number of pyridine rings is 1. The van der Waals surface area contributed by atoms with Crippen molar-refractivity contribution in [1.29, 1.82) is 0 Å². The molecule has 1 heterocycles. The third-order valence-corrected chi connectivity index (χ3v) is 1.60. The van der Waals surface area contributed by atoms with Gasteiger partial charge in [0.15, 0.2) is 0 Å². The Balaban J connectivity index is 2.83. The van der Waals surface area contributed by atoms with Crippen molar-refractivity contribution in [2.24, 2.45) is 0 Å². The van der Waals surface area contributed by atoms with Crippen molar-refractivity contribution < 1.29 is 5.11 Å². The van der Waals surface area contributed by atoms with Crippen molar-refractivity contribution in [2.75, 3.05) is 0 Å². The smallest absolute Gasteiger partial charge is 0.0960 e. The standard InChI is InChI=1S/C9H12NO/c1-3-8-4-5-9(7(2)11)10-6-8/h4-7,11H,2-3H2,1H3. The van der Waals surface area contributed by atoms with Gasteiger partial charge in [0, 0.05) is 6.20 Å². The van der Waals surface area contributed by atoms with Crippen LogP contribution in [0.4, 0.5) is 0 Å². The third kappa shape index (κ3) is 2.02. The minimum Gasteiger partial charge on any atom is -0.387 e. The molecule has 0 aliphatic carbocycles. The summed E-state index contributed by atoms with van der Waals surface area (Å²) >= 11 is 0. The third-order valence-electron chi connectivity index (χ3n) is 1.60. The van der Waals surface area contributed by atoms with E-state index in [9.17, 15) is 0 Å². The summed E-state index contributed by atoms with van der Waals surface area (Å²) in [5, 5.41) is 9.01. The Morgan fingerprint density at radius 3 is 2.73 bits per heavy atom. The molecule has 0 saturated carbocycles. The van der Waals surface area contributed by atoms with Crippen LogP contribution < -0.4 is 0 Å². The summed E-state index contributed by atoms with van der Waals surface area (Å²) in [6, 6.07) is 3.76. The van der Waals surface area contributed by atoms with E-state index in [2.05, 4.69) is 18.8 Å². The Morgan fingerprint density at radius 2 is 2.36 bits per heavy atom. The summed E-state index contributed by atoms with van der Waals surface area (Å²) in [6.45, 7) is 5.52. The molecule has 0 saturated heterocycles. The fraction of sp³-hybridized carbons (Fsp3) is 0.333. The zero-order valence-corrected chi connectivity index (χ0v) is 6.62. The Labute approximate surface area is 66.9 Å². The molecule has 1 N–H and O–H groups in total. The predicted molar refractivity (Wildman–Crippen MR) is 43.9 cm³/mol. The van der Waals surface area contributed by atoms with Crippen LogP contribution in [0.3, 0.4) is 0 Å². The average molecular weight is 150 g/mol. The zero-order valence-electron chi connectivity index (χ0n) is 6.62. The molecule has 0 fully saturated rings. The summed E-state index contributed by atoms with van der Waals surface area (Å²) in [4.78, 5) is 4.04. The van der Waals surface area contributed by atoms with Gasteiger partial charge < -0.3 is 5.11 Å². The Hall–Kier alpha value is -0.890. The van der Waals surface area contributed by atoms with Crippen LogP contribution in [0.1, 0.15) is 24.3 Å². The van der Waals surface area contributed by atoms with Crippen molar-refractivity contribution in [3.05, 3.63) is 36.5 Å². The minimum absolute atomic E-state index is 0.627. The van der Waals surface area contributed by atoms with Crippen LogP contribution in [-0.2, 0) is 6.42 Å². The van der Waals surface area contributed by atoms with Gasteiger partial charge in [-0.15, -0.1) is 0 Å². The van der Waals surface area contributed by atoms with E-state index in [0.29, 0.717) is 5.69 Å². The summed E-state index contributed by atoms with van der Waals surface area (Å²) in [5.74, 6) is 0. The number of aliphatic hydroxyl groups is 1. The second-order valence-corrected chi connectivity index (χ2v) is 2.46. The predicted octanol–water partition coefficient (Wildman–Crippen LogP) is 1.51. The first kappa shape index (κ1) is 8.21. The lowest BCUT2D eigenvalue weighted by Gasteiger charge is -2.02. The quantitative estimate of drug-likeness (QED) is 0.693. The van der Waals surface area contributed by atoms with E-state index in [1.54, 1.807) is 12.3 Å². The fourth-order valence-corrected chi connectivity index (χ4v) is 0.842. The van der Waals surface area contributed by atoms with Gasteiger partial charge in [-0.05, 0) is 25.0 Å². The normalized spacial score (nSPS) is 13.0. The van der Waals surface area contributed by atoms with Gasteiger partial charge in [-0.25, -0.2) is 0 Å². The highest BCUT2D eigenvalue weighted by Crippen LogP contribution is 2.08. The van der Waals surface area contributed by atoms with Crippen LogP contribution in [-0.4, -0.2) is 10.1 Å². The molecule has 0 amide bonds. The molecule has 2 nitrogen and oxygen atoms in total. The van der Waals surface area contributed by atoms with Gasteiger partial charge in [0.2, 0.25) is 0 Å². The van der Waals surface area contributed by atoms with Gasteiger partial charge in [-0.2, -0.15) is 0 Å². The zero-order chi connectivity index (χ0) is 8.27. The topological polar surface area (TPSA) is 33.1 Å². The van der Waals surface area contributed by atoms with Crippen molar-refractivity contribution in [3.63, 3.8) is 0 Å². The van der Waals surface area contributed by atoms with E-state index in [4.69, 9.17) is 5.11 Å². The van der Waals surface area contributed by atoms with Crippen LogP contribution in [0.5, 0.6) is 0 Å². The number of hydrogen-bond donors (Lipinski definition) is 1. The van der Waals surface area contributed by atoms with E-state index in [-0.39, 0.29) is 0 Å². The van der Waals surface area contributed by atoms with Crippen LogP contribution in [0.25, 0.3) is 0 Å². The number of aromatic nitrogens is 1. The van der Waals surface area contributed by atoms with Gasteiger partial charge >= 0.3 is 0 Å². The van der Waals surface area contributed by atoms with Gasteiger partial charge in [0.05, 0.1) is 11.8 Å². The Kier molecular flexibility index (Phi) is 2.60. The highest BCUT2D eigenvalue weighted by atomic mass is 16.3. The van der Waals surface area contributed by atoms with Crippen LogP contribution in [0, 0.1) is 6.92 Å². The number of nitrogens with zero attached hydrogens (tertiary/aromatic N) is 1. The molecule has 2 heteroatoms. The lowest BCUT2D eigenvalue weighted by atomic mass is 10.2. The van der Waals surface area contributed by atoms with Crippen molar-refractivity contribution in [1.82, 2.24) is 4.98 Å². The first-order valence-electron chi connectivity index (χ1n) is 3.70. The molecule has 59 valence electrons. The maximum Gasteiger partial charge on any atom is 0.0960 e. The molecule has 1 radical (unpaired) electrons. The van der Waals surface area contributed by atoms with Crippen molar-refractivity contribution in [2.45, 2.75) is 19.4 Å². The molecular weight excluding hydrogens is 138 g/mol.